The molecule has 0 spiro atoms. The molecular formula is C17H23N5O3S. The molecular weight excluding hydrogens is 354 g/mol. The van der Waals surface area contributed by atoms with Gasteiger partial charge in [0.2, 0.25) is 10.0 Å². The van der Waals surface area contributed by atoms with Crippen molar-refractivity contribution >= 4 is 16.1 Å². The van der Waals surface area contributed by atoms with E-state index >= 15 is 0 Å². The van der Waals surface area contributed by atoms with Gasteiger partial charge in [0.1, 0.15) is 0 Å². The molecule has 0 saturated carbocycles. The average molecular weight is 377 g/mol. The van der Waals surface area contributed by atoms with E-state index in [2.05, 4.69) is 9.82 Å². The van der Waals surface area contributed by atoms with Crippen LogP contribution in [0.2, 0.25) is 0 Å². The Labute approximate surface area is 153 Å². The van der Waals surface area contributed by atoms with E-state index in [0.29, 0.717) is 25.3 Å². The highest BCUT2D eigenvalue weighted by Gasteiger charge is 2.22. The van der Waals surface area contributed by atoms with E-state index in [1.165, 1.54) is 0 Å². The van der Waals surface area contributed by atoms with Crippen LogP contribution in [0, 0.1) is 0 Å². The van der Waals surface area contributed by atoms with Crippen molar-refractivity contribution in [3.63, 3.8) is 0 Å². The van der Waals surface area contributed by atoms with Crippen molar-refractivity contribution in [2.75, 3.05) is 20.6 Å². The van der Waals surface area contributed by atoms with Crippen molar-refractivity contribution in [2.24, 2.45) is 0 Å². The first kappa shape index (κ1) is 18.4. The Morgan fingerprint density at radius 2 is 1.96 bits per heavy atom. The van der Waals surface area contributed by atoms with Gasteiger partial charge in [-0.2, -0.15) is 5.10 Å². The maximum absolute atomic E-state index is 12.3. The van der Waals surface area contributed by atoms with Crippen molar-refractivity contribution in [1.82, 2.24) is 24.3 Å². The van der Waals surface area contributed by atoms with E-state index in [0.717, 1.165) is 12.1 Å². The van der Waals surface area contributed by atoms with Crippen LogP contribution in [0.3, 0.4) is 0 Å². The molecule has 140 valence electrons. The minimum Gasteiger partial charge on any atom is -0.331 e. The van der Waals surface area contributed by atoms with Crippen LogP contribution in [0.5, 0.6) is 0 Å². The van der Waals surface area contributed by atoms with Crippen LogP contribution in [0.4, 0.5) is 4.79 Å². The molecule has 0 fully saturated rings. The highest BCUT2D eigenvalue weighted by molar-refractivity contribution is 7.89. The highest BCUT2D eigenvalue weighted by atomic mass is 32.2. The van der Waals surface area contributed by atoms with Gasteiger partial charge in [-0.25, -0.2) is 17.9 Å². The lowest BCUT2D eigenvalue weighted by molar-refractivity contribution is 0.169. The number of fused-ring (bicyclic) bond motifs is 1. The quantitative estimate of drug-likeness (QED) is 0.869. The van der Waals surface area contributed by atoms with Gasteiger partial charge in [-0.1, -0.05) is 18.2 Å². The summed E-state index contributed by atoms with van der Waals surface area (Å²) in [6.07, 6.45) is 0.809. The normalized spacial score (nSPS) is 14.6. The first-order chi connectivity index (χ1) is 12.4. The number of hydrogen-bond donors (Lipinski definition) is 1. The second-order valence-electron chi connectivity index (χ2n) is 6.44. The third-order valence-electron chi connectivity index (χ3n) is 4.21. The third-order valence-corrected chi connectivity index (χ3v) is 5.63. The van der Waals surface area contributed by atoms with Gasteiger partial charge in [0, 0.05) is 27.2 Å². The summed E-state index contributed by atoms with van der Waals surface area (Å²) >= 11 is 0. The van der Waals surface area contributed by atoms with Gasteiger partial charge >= 0.3 is 6.03 Å². The summed E-state index contributed by atoms with van der Waals surface area (Å²) in [6, 6.07) is 10.1. The molecule has 0 atom stereocenters. The summed E-state index contributed by atoms with van der Waals surface area (Å²) in [7, 11) is -0.112. The third kappa shape index (κ3) is 4.05. The molecule has 9 heteroatoms. The van der Waals surface area contributed by atoms with E-state index in [1.54, 1.807) is 54.2 Å². The molecule has 0 radical (unpaired) electrons. The van der Waals surface area contributed by atoms with Crippen molar-refractivity contribution in [2.45, 2.75) is 31.0 Å². The zero-order chi connectivity index (χ0) is 18.7. The average Bonchev–Trinajstić information content (AvgIpc) is 2.90. The molecule has 1 aromatic carbocycles. The molecule has 1 aliphatic rings. The van der Waals surface area contributed by atoms with Crippen LogP contribution in [-0.4, -0.2) is 54.7 Å². The molecule has 3 rings (SSSR count). The number of sulfonamides is 1. The number of aryl methyl sites for hydroxylation is 1. The standard InChI is InChI=1S/C17H23N5O3S/c1-20(2)17(23)21-9-6-10-22-15(13-21)11-14(19-22)12-18-26(24,25)16-7-4-3-5-8-16/h3-5,7-8,11,18H,6,9-10,12-13H2,1-2H3. The summed E-state index contributed by atoms with van der Waals surface area (Å²) in [4.78, 5) is 15.8. The lowest BCUT2D eigenvalue weighted by Crippen LogP contribution is -2.38. The van der Waals surface area contributed by atoms with Crippen LogP contribution in [0.25, 0.3) is 0 Å². The second-order valence-corrected chi connectivity index (χ2v) is 8.21. The maximum Gasteiger partial charge on any atom is 0.319 e. The lowest BCUT2D eigenvalue weighted by Gasteiger charge is -2.23. The fourth-order valence-corrected chi connectivity index (χ4v) is 3.93. The Hall–Kier alpha value is -2.39. The Kier molecular flexibility index (Phi) is 5.28. The zero-order valence-electron chi connectivity index (χ0n) is 14.9. The topological polar surface area (TPSA) is 87.5 Å². The first-order valence-corrected chi connectivity index (χ1v) is 9.92. The maximum atomic E-state index is 12.3. The number of amides is 2. The number of aromatic nitrogens is 2. The van der Waals surface area contributed by atoms with Crippen LogP contribution in [0.15, 0.2) is 41.3 Å². The lowest BCUT2D eigenvalue weighted by atomic mass is 10.3. The van der Waals surface area contributed by atoms with Crippen molar-refractivity contribution in [3.8, 4) is 0 Å². The molecule has 2 aromatic rings. The molecule has 1 aliphatic heterocycles. The van der Waals surface area contributed by atoms with Crippen LogP contribution in [-0.2, 0) is 29.7 Å². The number of nitrogens with zero attached hydrogens (tertiary/aromatic N) is 4. The predicted molar refractivity (Wildman–Crippen MR) is 96.8 cm³/mol. The van der Waals surface area contributed by atoms with Gasteiger partial charge < -0.3 is 9.80 Å². The molecule has 2 amide bonds. The minimum absolute atomic E-state index is 0.0361. The summed E-state index contributed by atoms with van der Waals surface area (Å²) in [5, 5.41) is 4.48. The van der Waals surface area contributed by atoms with Crippen molar-refractivity contribution < 1.29 is 13.2 Å². The SMILES string of the molecule is CN(C)C(=O)N1CCCn2nc(CNS(=O)(=O)c3ccccc3)cc2C1. The van der Waals surface area contributed by atoms with Gasteiger partial charge in [0.15, 0.2) is 0 Å². The van der Waals surface area contributed by atoms with E-state index in [1.807, 2.05) is 10.7 Å². The monoisotopic (exact) mass is 377 g/mol. The Morgan fingerprint density at radius 1 is 1.23 bits per heavy atom. The van der Waals surface area contributed by atoms with E-state index < -0.39 is 10.0 Å². The van der Waals surface area contributed by atoms with E-state index in [-0.39, 0.29) is 17.5 Å². The van der Waals surface area contributed by atoms with Crippen LogP contribution in [0.1, 0.15) is 17.8 Å². The summed E-state index contributed by atoms with van der Waals surface area (Å²) in [6.45, 7) is 1.96. The van der Waals surface area contributed by atoms with Gasteiger partial charge in [0.25, 0.3) is 0 Å². The molecule has 26 heavy (non-hydrogen) atoms. The second kappa shape index (κ2) is 7.46. The molecule has 2 heterocycles. The molecule has 1 N–H and O–H groups in total. The summed E-state index contributed by atoms with van der Waals surface area (Å²) in [5.41, 5.74) is 1.55. The van der Waals surface area contributed by atoms with Crippen molar-refractivity contribution in [3.05, 3.63) is 47.8 Å². The highest BCUT2D eigenvalue weighted by Crippen LogP contribution is 2.15. The molecule has 0 aliphatic carbocycles. The number of nitrogens with one attached hydrogen (secondary N) is 1. The van der Waals surface area contributed by atoms with Crippen molar-refractivity contribution in [1.29, 1.82) is 0 Å². The molecule has 0 bridgehead atoms. The number of hydrogen-bond acceptors (Lipinski definition) is 4. The number of benzene rings is 1. The van der Waals surface area contributed by atoms with Crippen LogP contribution < -0.4 is 4.72 Å². The summed E-state index contributed by atoms with van der Waals surface area (Å²) < 4.78 is 29.1. The summed E-state index contributed by atoms with van der Waals surface area (Å²) in [5.74, 6) is 0. The van der Waals surface area contributed by atoms with Gasteiger partial charge in [0.05, 0.1) is 29.4 Å². The number of rotatable bonds is 4. The molecule has 0 unspecified atom stereocenters. The van der Waals surface area contributed by atoms with Gasteiger partial charge in [-0.3, -0.25) is 4.68 Å². The van der Waals surface area contributed by atoms with E-state index in [4.69, 9.17) is 0 Å². The zero-order valence-corrected chi connectivity index (χ0v) is 15.7. The van der Waals surface area contributed by atoms with Gasteiger partial charge in [-0.15, -0.1) is 0 Å². The smallest absolute Gasteiger partial charge is 0.319 e. The largest absolute Gasteiger partial charge is 0.331 e. The minimum atomic E-state index is -3.57. The predicted octanol–water partition coefficient (Wildman–Crippen LogP) is 1.25. The Morgan fingerprint density at radius 3 is 2.65 bits per heavy atom. The van der Waals surface area contributed by atoms with Crippen LogP contribution >= 0.6 is 0 Å². The molecule has 0 saturated heterocycles. The van der Waals surface area contributed by atoms with E-state index in [9.17, 15) is 13.2 Å². The molecule has 8 nitrogen and oxygen atoms in total. The molecule has 1 aromatic heterocycles. The Balaban J connectivity index is 1.71. The number of urea groups is 1. The fraction of sp³-hybridized carbons (Fsp3) is 0.412. The van der Waals surface area contributed by atoms with Gasteiger partial charge in [-0.05, 0) is 24.6 Å². The Bertz CT molecular complexity index is 877. The number of carbonyl (C=O) groups excluding carboxylic acids is 1. The fourth-order valence-electron chi connectivity index (χ4n) is 2.91. The number of carbonyl (C=O) groups is 1. The first-order valence-electron chi connectivity index (χ1n) is 8.43.